The zero-order chi connectivity index (χ0) is 35.7. The van der Waals surface area contributed by atoms with Crippen LogP contribution >= 0.6 is 0 Å². The van der Waals surface area contributed by atoms with Gasteiger partial charge in [0, 0.05) is 6.42 Å². The number of unbranched alkanes of at least 4 members (excludes halogenated alkanes) is 19. The molecule has 0 spiro atoms. The lowest BCUT2D eigenvalue weighted by Gasteiger charge is -2.19. The fourth-order valence-corrected chi connectivity index (χ4v) is 5.77. The van der Waals surface area contributed by atoms with E-state index in [0.29, 0.717) is 6.42 Å². The Bertz CT molecular complexity index is 868. The zero-order valence-corrected chi connectivity index (χ0v) is 32.2. The Balaban J connectivity index is 3.55. The first-order chi connectivity index (χ1) is 24.2. The van der Waals surface area contributed by atoms with Gasteiger partial charge in [-0.25, -0.2) is 0 Å². The van der Waals surface area contributed by atoms with Crippen LogP contribution in [0.4, 0.5) is 0 Å². The van der Waals surface area contributed by atoms with Crippen LogP contribution in [0.2, 0.25) is 0 Å². The van der Waals surface area contributed by atoms with E-state index in [1.54, 1.807) is 6.08 Å². The largest absolute Gasteiger partial charge is 0.394 e. The summed E-state index contributed by atoms with van der Waals surface area (Å²) in [4.78, 5) is 12.3. The molecule has 0 aromatic heterocycles. The van der Waals surface area contributed by atoms with Gasteiger partial charge in [0.25, 0.3) is 0 Å². The number of allylic oxidation sites excluding steroid dienone is 11. The molecule has 1 amide bonds. The smallest absolute Gasteiger partial charge is 0.220 e. The minimum Gasteiger partial charge on any atom is -0.394 e. The molecule has 49 heavy (non-hydrogen) atoms. The van der Waals surface area contributed by atoms with Crippen molar-refractivity contribution in [3.63, 3.8) is 0 Å². The van der Waals surface area contributed by atoms with Crippen LogP contribution in [0.15, 0.2) is 72.9 Å². The molecule has 0 rings (SSSR count). The molecular weight excluding hydrogens is 602 g/mol. The molecule has 2 unspecified atom stereocenters. The topological polar surface area (TPSA) is 69.6 Å². The van der Waals surface area contributed by atoms with Crippen molar-refractivity contribution in [1.82, 2.24) is 5.32 Å². The number of rotatable bonds is 36. The summed E-state index contributed by atoms with van der Waals surface area (Å²) in [6.07, 6.45) is 57.3. The third kappa shape index (κ3) is 36.9. The van der Waals surface area contributed by atoms with Crippen molar-refractivity contribution in [3.05, 3.63) is 72.9 Å². The molecule has 0 saturated carbocycles. The maximum Gasteiger partial charge on any atom is 0.220 e. The van der Waals surface area contributed by atoms with E-state index >= 15 is 0 Å². The van der Waals surface area contributed by atoms with Crippen molar-refractivity contribution in [1.29, 1.82) is 0 Å². The number of aliphatic hydroxyl groups excluding tert-OH is 2. The summed E-state index contributed by atoms with van der Waals surface area (Å²) in [6, 6.07) is -0.639. The number of carbonyl (C=O) groups is 1. The number of carbonyl (C=O) groups excluding carboxylic acids is 1. The summed E-state index contributed by atoms with van der Waals surface area (Å²) in [5, 5.41) is 22.8. The molecule has 0 aliphatic carbocycles. The third-order valence-corrected chi connectivity index (χ3v) is 8.92. The highest BCUT2D eigenvalue weighted by atomic mass is 16.3. The number of hydrogen-bond acceptors (Lipinski definition) is 3. The Morgan fingerprint density at radius 2 is 0.918 bits per heavy atom. The molecule has 0 bridgehead atoms. The van der Waals surface area contributed by atoms with Crippen LogP contribution in [0.25, 0.3) is 0 Å². The number of nitrogens with one attached hydrogen (secondary N) is 1. The molecule has 0 aliphatic rings. The summed E-state index contributed by atoms with van der Waals surface area (Å²) in [6.45, 7) is 4.14. The van der Waals surface area contributed by atoms with Crippen molar-refractivity contribution >= 4 is 5.91 Å². The second kappa shape index (κ2) is 40.3. The highest BCUT2D eigenvalue weighted by Crippen LogP contribution is 2.14. The van der Waals surface area contributed by atoms with Crippen LogP contribution in [0, 0.1) is 0 Å². The molecule has 4 nitrogen and oxygen atoms in total. The molecule has 3 N–H and O–H groups in total. The lowest BCUT2D eigenvalue weighted by atomic mass is 10.0. The SMILES string of the molecule is CC/C=C\C/C=C\C/C=C\C/C=C\CCCCCCCCCCCCCCCCC(=O)NC(CO)C(O)/C=C/CC/C=C/CCCCCC. The molecule has 0 saturated heterocycles. The normalized spacial score (nSPS) is 13.8. The van der Waals surface area contributed by atoms with Crippen molar-refractivity contribution in [2.45, 2.75) is 199 Å². The van der Waals surface area contributed by atoms with Gasteiger partial charge in [0.1, 0.15) is 0 Å². The van der Waals surface area contributed by atoms with Gasteiger partial charge in [-0.15, -0.1) is 0 Å². The van der Waals surface area contributed by atoms with Gasteiger partial charge >= 0.3 is 0 Å². The van der Waals surface area contributed by atoms with Crippen LogP contribution in [0.1, 0.15) is 187 Å². The second-order valence-electron chi connectivity index (χ2n) is 13.7. The molecule has 282 valence electrons. The van der Waals surface area contributed by atoms with E-state index < -0.39 is 12.1 Å². The highest BCUT2D eigenvalue weighted by molar-refractivity contribution is 5.76. The predicted octanol–water partition coefficient (Wildman–Crippen LogP) is 12.7. The lowest BCUT2D eigenvalue weighted by molar-refractivity contribution is -0.123. The van der Waals surface area contributed by atoms with Gasteiger partial charge in [0.2, 0.25) is 5.91 Å². The van der Waals surface area contributed by atoms with E-state index in [1.807, 2.05) is 6.08 Å². The molecule has 4 heteroatoms. The number of aliphatic hydroxyl groups is 2. The van der Waals surface area contributed by atoms with Crippen LogP contribution in [-0.2, 0) is 4.79 Å². The lowest BCUT2D eigenvalue weighted by Crippen LogP contribution is -2.45. The summed E-state index contributed by atoms with van der Waals surface area (Å²) < 4.78 is 0. The summed E-state index contributed by atoms with van der Waals surface area (Å²) in [5.41, 5.74) is 0. The minimum atomic E-state index is -0.862. The fourth-order valence-electron chi connectivity index (χ4n) is 5.77. The molecule has 0 aromatic carbocycles. The second-order valence-corrected chi connectivity index (χ2v) is 13.7. The van der Waals surface area contributed by atoms with Crippen LogP contribution in [-0.4, -0.2) is 34.9 Å². The quantitative estimate of drug-likeness (QED) is 0.0455. The van der Waals surface area contributed by atoms with Crippen molar-refractivity contribution in [2.24, 2.45) is 0 Å². The first-order valence-corrected chi connectivity index (χ1v) is 20.7. The average Bonchev–Trinajstić information content (AvgIpc) is 3.10. The Kier molecular flexibility index (Phi) is 38.5. The molecule has 2 atom stereocenters. The fraction of sp³-hybridized carbons (Fsp3) is 0.711. The van der Waals surface area contributed by atoms with Gasteiger partial charge in [-0.2, -0.15) is 0 Å². The average molecular weight is 682 g/mol. The monoisotopic (exact) mass is 682 g/mol. The molecule has 0 radical (unpaired) electrons. The standard InChI is InChI=1S/C45H79NO3/c1-3-5-7-9-11-13-15-16-17-18-19-20-21-22-23-24-25-26-27-28-29-30-31-33-35-37-39-41-45(49)46-43(42-47)44(48)40-38-36-34-32-14-12-10-8-6-4-2/h5,7,11,13-14,16-17,19-20,32,38,40,43-44,47-48H,3-4,6,8-10,12,15,18,21-31,33-37,39,41-42H2,1-2H3,(H,46,49)/b7-5-,13-11-,17-16-,20-19-,32-14+,40-38+. The summed E-state index contributed by atoms with van der Waals surface area (Å²) in [5.74, 6) is -0.0802. The Morgan fingerprint density at radius 1 is 0.510 bits per heavy atom. The van der Waals surface area contributed by atoms with E-state index in [9.17, 15) is 15.0 Å². The van der Waals surface area contributed by atoms with Crippen LogP contribution < -0.4 is 5.32 Å². The molecule has 0 aliphatic heterocycles. The first-order valence-electron chi connectivity index (χ1n) is 20.7. The Labute approximate surface area is 304 Å². The Hall–Kier alpha value is -2.17. The van der Waals surface area contributed by atoms with Crippen LogP contribution in [0.5, 0.6) is 0 Å². The van der Waals surface area contributed by atoms with Gasteiger partial charge in [0.15, 0.2) is 0 Å². The molecular formula is C45H79NO3. The van der Waals surface area contributed by atoms with E-state index in [-0.39, 0.29) is 12.5 Å². The van der Waals surface area contributed by atoms with Crippen molar-refractivity contribution < 1.29 is 15.0 Å². The highest BCUT2D eigenvalue weighted by Gasteiger charge is 2.17. The molecule has 0 fully saturated rings. The Morgan fingerprint density at radius 3 is 1.43 bits per heavy atom. The maximum absolute atomic E-state index is 12.3. The summed E-state index contributed by atoms with van der Waals surface area (Å²) in [7, 11) is 0. The summed E-state index contributed by atoms with van der Waals surface area (Å²) >= 11 is 0. The molecule has 0 aromatic rings. The van der Waals surface area contributed by atoms with Gasteiger partial charge in [-0.3, -0.25) is 4.79 Å². The van der Waals surface area contributed by atoms with Gasteiger partial charge < -0.3 is 15.5 Å². The van der Waals surface area contributed by atoms with Gasteiger partial charge in [-0.1, -0.05) is 183 Å². The minimum absolute atomic E-state index is 0.0802. The van der Waals surface area contributed by atoms with E-state index in [1.165, 1.54) is 109 Å². The van der Waals surface area contributed by atoms with Gasteiger partial charge in [0.05, 0.1) is 18.8 Å². The predicted molar refractivity (Wildman–Crippen MR) is 216 cm³/mol. The molecule has 0 heterocycles. The number of amides is 1. The maximum atomic E-state index is 12.3. The first kappa shape index (κ1) is 46.8. The van der Waals surface area contributed by atoms with E-state index in [2.05, 4.69) is 79.9 Å². The third-order valence-electron chi connectivity index (χ3n) is 8.92. The number of hydrogen-bond donors (Lipinski definition) is 3. The van der Waals surface area contributed by atoms with Crippen molar-refractivity contribution in [2.75, 3.05) is 6.61 Å². The zero-order valence-electron chi connectivity index (χ0n) is 32.2. The van der Waals surface area contributed by atoms with Crippen molar-refractivity contribution in [3.8, 4) is 0 Å². The van der Waals surface area contributed by atoms with Gasteiger partial charge in [-0.05, 0) is 70.6 Å². The van der Waals surface area contributed by atoms with E-state index in [4.69, 9.17) is 0 Å². The van der Waals surface area contributed by atoms with Crippen LogP contribution in [0.3, 0.4) is 0 Å². The van der Waals surface area contributed by atoms with E-state index in [0.717, 1.165) is 57.8 Å².